The van der Waals surface area contributed by atoms with E-state index >= 15 is 0 Å². The van der Waals surface area contributed by atoms with Crippen LogP contribution in [0.5, 0.6) is 11.5 Å². The lowest BCUT2D eigenvalue weighted by atomic mass is 9.89. The normalized spacial score (nSPS) is 19.3. The number of fused-ring (bicyclic) bond motifs is 13. The Morgan fingerprint density at radius 2 is 1.15 bits per heavy atom. The Balaban J connectivity index is 1.63. The summed E-state index contributed by atoms with van der Waals surface area (Å²) in [4.78, 5) is 0. The summed E-state index contributed by atoms with van der Waals surface area (Å²) >= 11 is 0. The van der Waals surface area contributed by atoms with Crippen LogP contribution < -0.4 is 13.9 Å². The van der Waals surface area contributed by atoms with Crippen LogP contribution in [-0.4, -0.2) is 9.13 Å². The van der Waals surface area contributed by atoms with Crippen LogP contribution in [0.4, 0.5) is 0 Å². The Hall–Kier alpha value is -3.34. The van der Waals surface area contributed by atoms with E-state index in [0.29, 0.717) is 12.1 Å². The number of imidazole rings is 2. The molecule has 5 nitrogen and oxygen atoms in total. The molecule has 5 heteroatoms. The first-order valence-electron chi connectivity index (χ1n) is 12.1. The lowest BCUT2D eigenvalue weighted by molar-refractivity contribution is -0.823. The number of hydrogen-bond acceptors (Lipinski definition) is 1. The van der Waals surface area contributed by atoms with Crippen molar-refractivity contribution >= 4 is 0 Å². The number of rotatable bonds is 0. The third-order valence-corrected chi connectivity index (χ3v) is 7.86. The van der Waals surface area contributed by atoms with Crippen LogP contribution in [0.15, 0.2) is 61.2 Å². The third-order valence-electron chi connectivity index (χ3n) is 7.86. The second kappa shape index (κ2) is 7.62. The monoisotopic (exact) mass is 440 g/mol. The molecule has 33 heavy (non-hydrogen) atoms. The van der Waals surface area contributed by atoms with E-state index in [1.54, 1.807) is 0 Å². The molecule has 0 spiro atoms. The van der Waals surface area contributed by atoms with Crippen LogP contribution in [0, 0.1) is 27.7 Å². The topological polar surface area (TPSA) is 26.8 Å². The number of aromatic nitrogens is 4. The molecule has 0 N–H and O–H groups in total. The van der Waals surface area contributed by atoms with Gasteiger partial charge in [0.15, 0.2) is 0 Å². The van der Waals surface area contributed by atoms with Gasteiger partial charge in [-0.15, -0.1) is 0 Å². The van der Waals surface area contributed by atoms with Crippen molar-refractivity contribution < 1.29 is 13.9 Å². The summed E-state index contributed by atoms with van der Waals surface area (Å²) in [7, 11) is 0. The van der Waals surface area contributed by atoms with Gasteiger partial charge in [-0.2, -0.15) is 9.13 Å². The second-order valence-electron chi connectivity index (χ2n) is 9.64. The number of ether oxygens (including phenoxy) is 1. The van der Waals surface area contributed by atoms with Crippen molar-refractivity contribution in [2.75, 3.05) is 0 Å². The summed E-state index contributed by atoms with van der Waals surface area (Å²) in [5, 5.41) is 0. The van der Waals surface area contributed by atoms with E-state index in [-0.39, 0.29) is 0 Å². The third kappa shape index (κ3) is 3.21. The van der Waals surface area contributed by atoms with Crippen LogP contribution in [0.2, 0.25) is 0 Å². The van der Waals surface area contributed by atoms with Crippen molar-refractivity contribution in [2.45, 2.75) is 65.5 Å². The minimum Gasteiger partial charge on any atom is -0.457 e. The van der Waals surface area contributed by atoms with Crippen LogP contribution in [0.25, 0.3) is 11.4 Å². The molecule has 2 unspecified atom stereocenters. The van der Waals surface area contributed by atoms with E-state index in [0.717, 1.165) is 22.9 Å². The van der Waals surface area contributed by atoms with Gasteiger partial charge in [0, 0.05) is 39.8 Å². The first kappa shape index (κ1) is 20.3. The van der Waals surface area contributed by atoms with Crippen molar-refractivity contribution in [1.29, 1.82) is 0 Å². The lowest BCUT2D eigenvalue weighted by Crippen LogP contribution is -2.55. The Morgan fingerprint density at radius 3 is 1.61 bits per heavy atom. The van der Waals surface area contributed by atoms with Gasteiger partial charge in [-0.25, -0.2) is 9.13 Å². The van der Waals surface area contributed by atoms with E-state index in [1.165, 1.54) is 48.5 Å². The first-order valence-corrected chi connectivity index (χ1v) is 12.1. The van der Waals surface area contributed by atoms with Crippen LogP contribution >= 0.6 is 0 Å². The maximum Gasteiger partial charge on any atom is 0.249 e. The average molecular weight is 441 g/mol. The van der Waals surface area contributed by atoms with Crippen molar-refractivity contribution in [2.24, 2.45) is 0 Å². The minimum atomic E-state index is 0.438. The van der Waals surface area contributed by atoms with Gasteiger partial charge in [0.25, 0.3) is 0 Å². The molecule has 4 aromatic rings. The zero-order chi connectivity index (χ0) is 22.7. The van der Waals surface area contributed by atoms with Gasteiger partial charge in [-0.1, -0.05) is 12.1 Å². The first-order chi connectivity index (χ1) is 16.0. The summed E-state index contributed by atoms with van der Waals surface area (Å²) in [5.41, 5.74) is 7.50. The smallest absolute Gasteiger partial charge is 0.249 e. The molecule has 168 valence electrons. The van der Waals surface area contributed by atoms with E-state index < -0.39 is 0 Å². The standard InChI is InChI=1S/C28H32N4O/c1-19-21(3)31-17-29(19)23-9-7-11-25(15-23)33-26-12-8-10-24(16-26)30-18-32(22(4)20(30)2)28-14-6-5-13-27(28)31/h7-12,15-18,27-28H,5-6,13-14H2,1-4H3/q+2. The molecule has 1 fully saturated rings. The highest BCUT2D eigenvalue weighted by Gasteiger charge is 2.39. The SMILES string of the molecule is Cc1c(C)[n+]2cn1-c1cccc(c1)Oc1cccc(c1)-n1c[n+](c(C)c1C)C1CCCCC12. The van der Waals surface area contributed by atoms with E-state index in [2.05, 4.69) is 95.0 Å². The molecular formula is C28H32N4O+2. The van der Waals surface area contributed by atoms with Crippen LogP contribution in [0.1, 0.15) is 60.5 Å². The molecule has 1 saturated carbocycles. The molecule has 1 aliphatic carbocycles. The molecule has 8 bridgehead atoms. The minimum absolute atomic E-state index is 0.438. The fourth-order valence-corrected chi connectivity index (χ4v) is 5.78. The van der Waals surface area contributed by atoms with Gasteiger partial charge in [-0.05, 0) is 49.9 Å². The number of benzene rings is 2. The van der Waals surface area contributed by atoms with Crippen LogP contribution in [0.3, 0.4) is 0 Å². The Kier molecular flexibility index (Phi) is 4.68. The summed E-state index contributed by atoms with van der Waals surface area (Å²) in [5.74, 6) is 1.70. The van der Waals surface area contributed by atoms with Crippen LogP contribution in [-0.2, 0) is 0 Å². The molecule has 2 aliphatic rings. The van der Waals surface area contributed by atoms with Crippen molar-refractivity contribution in [3.63, 3.8) is 0 Å². The Bertz CT molecular complexity index is 1260. The lowest BCUT2D eigenvalue weighted by Gasteiger charge is -2.28. The number of nitrogens with zero attached hydrogens (tertiary/aromatic N) is 4. The van der Waals surface area contributed by atoms with Gasteiger partial charge in [0.05, 0.1) is 0 Å². The highest BCUT2D eigenvalue weighted by molar-refractivity contribution is 5.45. The molecule has 2 atom stereocenters. The largest absolute Gasteiger partial charge is 0.457 e. The fourth-order valence-electron chi connectivity index (χ4n) is 5.78. The molecule has 2 aromatic carbocycles. The zero-order valence-corrected chi connectivity index (χ0v) is 20.0. The predicted octanol–water partition coefficient (Wildman–Crippen LogP) is 5.54. The maximum atomic E-state index is 6.33. The summed E-state index contributed by atoms with van der Waals surface area (Å²) in [6, 6.07) is 17.7. The maximum absolute atomic E-state index is 6.33. The van der Waals surface area contributed by atoms with Gasteiger partial charge >= 0.3 is 0 Å². The highest BCUT2D eigenvalue weighted by Crippen LogP contribution is 2.34. The molecule has 1 aliphatic heterocycles. The molecular weight excluding hydrogens is 408 g/mol. The average Bonchev–Trinajstić information content (AvgIpc) is 3.29. The van der Waals surface area contributed by atoms with E-state index in [4.69, 9.17) is 4.74 Å². The quantitative estimate of drug-likeness (QED) is 0.330. The van der Waals surface area contributed by atoms with Gasteiger partial charge in [0.1, 0.15) is 57.7 Å². The molecule has 0 radical (unpaired) electrons. The zero-order valence-electron chi connectivity index (χ0n) is 20.0. The summed E-state index contributed by atoms with van der Waals surface area (Å²) < 4.78 is 16.0. The summed E-state index contributed by atoms with van der Waals surface area (Å²) in [6.45, 7) is 8.98. The Labute approximate surface area is 195 Å². The summed E-state index contributed by atoms with van der Waals surface area (Å²) in [6.07, 6.45) is 9.59. The van der Waals surface area contributed by atoms with Gasteiger partial charge < -0.3 is 4.74 Å². The van der Waals surface area contributed by atoms with E-state index in [1.807, 2.05) is 12.1 Å². The molecule has 0 saturated heterocycles. The predicted molar refractivity (Wildman–Crippen MR) is 127 cm³/mol. The molecule has 6 rings (SSSR count). The molecule has 0 amide bonds. The second-order valence-corrected chi connectivity index (χ2v) is 9.64. The number of hydrogen-bond donors (Lipinski definition) is 0. The van der Waals surface area contributed by atoms with E-state index in [9.17, 15) is 0 Å². The van der Waals surface area contributed by atoms with Gasteiger partial charge in [-0.3, -0.25) is 0 Å². The van der Waals surface area contributed by atoms with Crippen molar-refractivity contribution in [1.82, 2.24) is 9.13 Å². The molecule has 2 aromatic heterocycles. The van der Waals surface area contributed by atoms with Crippen molar-refractivity contribution in [3.05, 3.63) is 84.0 Å². The molecule has 3 heterocycles. The highest BCUT2D eigenvalue weighted by atomic mass is 16.5. The Morgan fingerprint density at radius 1 is 0.697 bits per heavy atom. The van der Waals surface area contributed by atoms with Crippen molar-refractivity contribution in [3.8, 4) is 22.9 Å². The van der Waals surface area contributed by atoms with Gasteiger partial charge in [0.2, 0.25) is 12.7 Å². The fraction of sp³-hybridized carbons (Fsp3) is 0.357.